The first-order chi connectivity index (χ1) is 26.2. The van der Waals surface area contributed by atoms with Crippen LogP contribution >= 0.6 is 11.3 Å². The highest BCUT2D eigenvalue weighted by Crippen LogP contribution is 2.47. The third-order valence-electron chi connectivity index (χ3n) is 10.1. The standard InChI is InChI=1S/C49H34N2OS/c1-5-13-33(14-6-1)34-21-24-39(25-22-34)51(38-19-11-4-12-20-38)40-26-28-41(43(30-40)35-15-7-2-8-16-35)37-23-27-42-44-31-46-45(32-48(44)53-47(42)29-37)50-49(52-46)36-17-9-3-10-18-36/h1-32,49-50H. The molecule has 1 aromatic heterocycles. The molecule has 10 rings (SSSR count). The summed E-state index contributed by atoms with van der Waals surface area (Å²) < 4.78 is 8.89. The summed E-state index contributed by atoms with van der Waals surface area (Å²) in [6.07, 6.45) is -0.175. The highest BCUT2D eigenvalue weighted by Gasteiger charge is 2.25. The molecule has 0 amide bonds. The van der Waals surface area contributed by atoms with E-state index in [-0.39, 0.29) is 6.23 Å². The molecule has 1 unspecified atom stereocenters. The summed E-state index contributed by atoms with van der Waals surface area (Å²) in [7, 11) is 0. The zero-order chi connectivity index (χ0) is 35.1. The summed E-state index contributed by atoms with van der Waals surface area (Å²) in [6.45, 7) is 0. The molecule has 0 fully saturated rings. The summed E-state index contributed by atoms with van der Waals surface area (Å²) >= 11 is 1.83. The van der Waals surface area contributed by atoms with Crippen LogP contribution in [0.4, 0.5) is 22.7 Å². The number of thiophene rings is 1. The third kappa shape index (κ3) is 5.80. The quantitative estimate of drug-likeness (QED) is 0.179. The molecule has 252 valence electrons. The normalized spacial score (nSPS) is 13.4. The van der Waals surface area contributed by atoms with E-state index in [1.165, 1.54) is 53.6 Å². The van der Waals surface area contributed by atoms with Gasteiger partial charge in [-0.05, 0) is 88.0 Å². The van der Waals surface area contributed by atoms with E-state index in [1.54, 1.807) is 0 Å². The first-order valence-corrected chi connectivity index (χ1v) is 18.8. The molecule has 0 saturated heterocycles. The Morgan fingerprint density at radius 2 is 1.02 bits per heavy atom. The third-order valence-corrected chi connectivity index (χ3v) is 11.2. The average molecular weight is 699 g/mol. The highest BCUT2D eigenvalue weighted by molar-refractivity contribution is 7.25. The van der Waals surface area contributed by atoms with E-state index in [1.807, 2.05) is 29.5 Å². The van der Waals surface area contributed by atoms with Gasteiger partial charge in [0.15, 0.2) is 6.23 Å². The molecule has 1 aliphatic rings. The smallest absolute Gasteiger partial charge is 0.196 e. The lowest BCUT2D eigenvalue weighted by molar-refractivity contribution is 0.260. The van der Waals surface area contributed by atoms with Crippen LogP contribution < -0.4 is 15.0 Å². The Morgan fingerprint density at radius 3 is 1.75 bits per heavy atom. The van der Waals surface area contributed by atoms with Crippen LogP contribution in [0.5, 0.6) is 5.75 Å². The predicted molar refractivity (Wildman–Crippen MR) is 224 cm³/mol. The molecule has 9 aromatic rings. The van der Waals surface area contributed by atoms with E-state index in [2.05, 4.69) is 186 Å². The Labute approximate surface area is 313 Å². The van der Waals surface area contributed by atoms with E-state index in [0.717, 1.165) is 34.1 Å². The molecule has 4 heteroatoms. The van der Waals surface area contributed by atoms with Crippen LogP contribution in [0.3, 0.4) is 0 Å². The van der Waals surface area contributed by atoms with Gasteiger partial charge in [0, 0.05) is 42.8 Å². The summed E-state index contributed by atoms with van der Waals surface area (Å²) in [5, 5.41) is 6.05. The van der Waals surface area contributed by atoms with Crippen molar-refractivity contribution in [1.29, 1.82) is 0 Å². The van der Waals surface area contributed by atoms with E-state index >= 15 is 0 Å². The first kappa shape index (κ1) is 31.1. The van der Waals surface area contributed by atoms with Crippen molar-refractivity contribution in [2.75, 3.05) is 10.2 Å². The fraction of sp³-hybridized carbons (Fsp3) is 0.0204. The fourth-order valence-electron chi connectivity index (χ4n) is 7.49. The topological polar surface area (TPSA) is 24.5 Å². The summed E-state index contributed by atoms with van der Waals surface area (Å²) in [6, 6.07) is 69.3. The number of rotatable bonds is 7. The van der Waals surface area contributed by atoms with Gasteiger partial charge in [0.1, 0.15) is 5.75 Å². The largest absolute Gasteiger partial charge is 0.464 e. The van der Waals surface area contributed by atoms with Gasteiger partial charge >= 0.3 is 0 Å². The van der Waals surface area contributed by atoms with Crippen molar-refractivity contribution in [3.05, 3.63) is 200 Å². The maximum atomic E-state index is 6.39. The van der Waals surface area contributed by atoms with Crippen molar-refractivity contribution < 1.29 is 4.74 Å². The second kappa shape index (κ2) is 13.2. The van der Waals surface area contributed by atoms with Gasteiger partial charge in [-0.2, -0.15) is 0 Å². The van der Waals surface area contributed by atoms with E-state index in [0.29, 0.717) is 0 Å². The summed E-state index contributed by atoms with van der Waals surface area (Å²) in [5.41, 5.74) is 12.6. The Morgan fingerprint density at radius 1 is 0.434 bits per heavy atom. The van der Waals surface area contributed by atoms with Crippen LogP contribution in [0, 0.1) is 0 Å². The van der Waals surface area contributed by atoms with Crippen molar-refractivity contribution in [1.82, 2.24) is 0 Å². The van der Waals surface area contributed by atoms with Crippen LogP contribution in [-0.4, -0.2) is 0 Å². The van der Waals surface area contributed by atoms with Crippen LogP contribution in [0.15, 0.2) is 194 Å². The van der Waals surface area contributed by atoms with E-state index in [9.17, 15) is 0 Å². The lowest BCUT2D eigenvalue weighted by Gasteiger charge is -2.27. The van der Waals surface area contributed by atoms with Gasteiger partial charge in [0.2, 0.25) is 0 Å². The molecule has 0 radical (unpaired) electrons. The summed E-state index contributed by atoms with van der Waals surface area (Å²) in [4.78, 5) is 2.35. The zero-order valence-corrected chi connectivity index (χ0v) is 29.6. The maximum Gasteiger partial charge on any atom is 0.196 e. The van der Waals surface area contributed by atoms with Crippen LogP contribution in [0.25, 0.3) is 53.6 Å². The molecule has 0 bridgehead atoms. The van der Waals surface area contributed by atoms with E-state index < -0.39 is 0 Å². The van der Waals surface area contributed by atoms with Crippen molar-refractivity contribution in [3.8, 4) is 39.1 Å². The Hall–Kier alpha value is -6.62. The summed E-state index contributed by atoms with van der Waals surface area (Å²) in [5.74, 6) is 0.898. The number of benzene rings is 8. The zero-order valence-electron chi connectivity index (χ0n) is 28.8. The molecule has 0 aliphatic carbocycles. The van der Waals surface area contributed by atoms with Gasteiger partial charge in [-0.15, -0.1) is 11.3 Å². The predicted octanol–water partition coefficient (Wildman–Crippen LogP) is 14.0. The number of hydrogen-bond acceptors (Lipinski definition) is 4. The Bertz CT molecular complexity index is 2710. The first-order valence-electron chi connectivity index (χ1n) is 17.9. The number of para-hydroxylation sites is 1. The fourth-order valence-corrected chi connectivity index (χ4v) is 8.66. The van der Waals surface area contributed by atoms with Gasteiger partial charge < -0.3 is 15.0 Å². The Kier molecular flexibility index (Phi) is 7.74. The molecule has 8 aromatic carbocycles. The van der Waals surface area contributed by atoms with Crippen LogP contribution in [0.1, 0.15) is 11.8 Å². The molecule has 1 aliphatic heterocycles. The number of hydrogen-bond donors (Lipinski definition) is 1. The monoisotopic (exact) mass is 698 g/mol. The number of nitrogens with zero attached hydrogens (tertiary/aromatic N) is 1. The number of nitrogens with one attached hydrogen (secondary N) is 1. The van der Waals surface area contributed by atoms with Crippen molar-refractivity contribution in [2.24, 2.45) is 0 Å². The second-order valence-corrected chi connectivity index (χ2v) is 14.5. The van der Waals surface area contributed by atoms with Crippen LogP contribution in [0.2, 0.25) is 0 Å². The number of fused-ring (bicyclic) bond motifs is 4. The minimum absolute atomic E-state index is 0.175. The highest BCUT2D eigenvalue weighted by atomic mass is 32.1. The molecule has 1 N–H and O–H groups in total. The van der Waals surface area contributed by atoms with Gasteiger partial charge in [-0.3, -0.25) is 0 Å². The molecule has 3 nitrogen and oxygen atoms in total. The molecule has 53 heavy (non-hydrogen) atoms. The van der Waals surface area contributed by atoms with Crippen LogP contribution in [-0.2, 0) is 0 Å². The lowest BCUT2D eigenvalue weighted by Crippen LogP contribution is -2.10. The average Bonchev–Trinajstić information content (AvgIpc) is 3.82. The maximum absolute atomic E-state index is 6.39. The van der Waals surface area contributed by atoms with Gasteiger partial charge in [-0.25, -0.2) is 0 Å². The molecule has 1 atom stereocenters. The molecular formula is C49H34N2OS. The van der Waals surface area contributed by atoms with Gasteiger partial charge in [0.05, 0.1) is 5.69 Å². The number of ether oxygens (including phenoxy) is 1. The molecular weight excluding hydrogens is 665 g/mol. The minimum Gasteiger partial charge on any atom is -0.464 e. The Balaban J connectivity index is 1.05. The second-order valence-electron chi connectivity index (χ2n) is 13.4. The van der Waals surface area contributed by atoms with Gasteiger partial charge in [-0.1, -0.05) is 140 Å². The number of anilines is 4. The van der Waals surface area contributed by atoms with Crippen molar-refractivity contribution >= 4 is 54.3 Å². The van der Waals surface area contributed by atoms with Gasteiger partial charge in [0.25, 0.3) is 0 Å². The molecule has 2 heterocycles. The van der Waals surface area contributed by atoms with Crippen molar-refractivity contribution in [2.45, 2.75) is 6.23 Å². The van der Waals surface area contributed by atoms with E-state index in [4.69, 9.17) is 4.74 Å². The lowest BCUT2D eigenvalue weighted by atomic mass is 9.93. The molecule has 0 saturated carbocycles. The molecule has 0 spiro atoms. The van der Waals surface area contributed by atoms with Crippen molar-refractivity contribution in [3.63, 3.8) is 0 Å². The SMILES string of the molecule is c1ccc(-c2ccc(N(c3ccccc3)c3ccc(-c4ccc5c(c4)sc4cc6c(cc45)OC(c4ccccc4)N6)c(-c4ccccc4)c3)cc2)cc1. The minimum atomic E-state index is -0.175.